The lowest BCUT2D eigenvalue weighted by Gasteiger charge is -2.28. The summed E-state index contributed by atoms with van der Waals surface area (Å²) in [6.45, 7) is 0. The molecule has 0 spiro atoms. The highest BCUT2D eigenvalue weighted by Crippen LogP contribution is 2.46. The largest absolute Gasteiger partial charge is 0.310 e. The van der Waals surface area contributed by atoms with Gasteiger partial charge in [0, 0.05) is 42.7 Å². The zero-order chi connectivity index (χ0) is 33.0. The van der Waals surface area contributed by atoms with E-state index in [9.17, 15) is 0 Å². The average Bonchev–Trinajstić information content (AvgIpc) is 3.56. The first-order valence-corrected chi connectivity index (χ1v) is 17.9. The van der Waals surface area contributed by atoms with Crippen molar-refractivity contribution in [2.24, 2.45) is 0 Å². The molecule has 0 bridgehead atoms. The van der Waals surface area contributed by atoms with E-state index in [4.69, 9.17) is 0 Å². The van der Waals surface area contributed by atoms with Gasteiger partial charge in [0.1, 0.15) is 0 Å². The van der Waals surface area contributed by atoms with Crippen LogP contribution in [-0.2, 0) is 0 Å². The van der Waals surface area contributed by atoms with Gasteiger partial charge in [-0.05, 0) is 85.9 Å². The monoisotopic (exact) mass is 653 g/mol. The van der Waals surface area contributed by atoms with Gasteiger partial charge in [-0.2, -0.15) is 0 Å². The number of benzene rings is 9. The first-order chi connectivity index (χ1) is 24.8. The fraction of sp³-hybridized carbons (Fsp3) is 0. The van der Waals surface area contributed by atoms with Gasteiger partial charge in [-0.1, -0.05) is 146 Å². The topological polar surface area (TPSA) is 3.24 Å². The lowest BCUT2D eigenvalue weighted by atomic mass is 9.95. The third kappa shape index (κ3) is 4.69. The van der Waals surface area contributed by atoms with Crippen LogP contribution in [0.5, 0.6) is 0 Å². The third-order valence-corrected chi connectivity index (χ3v) is 11.2. The van der Waals surface area contributed by atoms with E-state index in [-0.39, 0.29) is 0 Å². The van der Waals surface area contributed by atoms with Crippen molar-refractivity contribution in [1.82, 2.24) is 0 Å². The molecule has 0 aliphatic rings. The fourth-order valence-electron chi connectivity index (χ4n) is 7.67. The molecule has 0 saturated heterocycles. The summed E-state index contributed by atoms with van der Waals surface area (Å²) in [5.74, 6) is 0. The number of rotatable bonds is 5. The van der Waals surface area contributed by atoms with E-state index >= 15 is 0 Å². The molecule has 50 heavy (non-hydrogen) atoms. The van der Waals surface area contributed by atoms with Crippen LogP contribution in [-0.4, -0.2) is 0 Å². The Balaban J connectivity index is 1.19. The van der Waals surface area contributed by atoms with E-state index in [1.807, 2.05) is 11.3 Å². The van der Waals surface area contributed by atoms with Crippen molar-refractivity contribution in [1.29, 1.82) is 0 Å². The van der Waals surface area contributed by atoms with E-state index in [2.05, 4.69) is 193 Å². The maximum absolute atomic E-state index is 2.42. The Hall–Kier alpha value is -6.22. The lowest BCUT2D eigenvalue weighted by molar-refractivity contribution is 1.29. The quantitative estimate of drug-likeness (QED) is 0.167. The summed E-state index contributed by atoms with van der Waals surface area (Å²) < 4.78 is 2.66. The molecule has 1 aromatic heterocycles. The molecular weight excluding hydrogens is 623 g/mol. The van der Waals surface area contributed by atoms with Crippen LogP contribution in [0.1, 0.15) is 0 Å². The smallest absolute Gasteiger partial charge is 0.0540 e. The van der Waals surface area contributed by atoms with Crippen LogP contribution in [0.3, 0.4) is 0 Å². The maximum atomic E-state index is 2.42. The average molecular weight is 654 g/mol. The molecule has 10 aromatic rings. The summed E-state index contributed by atoms with van der Waals surface area (Å²) >= 11 is 1.89. The number of nitrogens with zero attached hydrogens (tertiary/aromatic N) is 1. The summed E-state index contributed by atoms with van der Waals surface area (Å²) in [6, 6.07) is 68.7. The van der Waals surface area contributed by atoms with Crippen LogP contribution in [0, 0.1) is 0 Å². The Morgan fingerprint density at radius 3 is 1.82 bits per heavy atom. The first-order valence-electron chi connectivity index (χ1n) is 17.1. The summed E-state index contributed by atoms with van der Waals surface area (Å²) in [7, 11) is 0. The van der Waals surface area contributed by atoms with Crippen molar-refractivity contribution in [2.45, 2.75) is 0 Å². The number of hydrogen-bond donors (Lipinski definition) is 0. The van der Waals surface area contributed by atoms with Crippen LogP contribution in [0.4, 0.5) is 17.1 Å². The number of fused-ring (bicyclic) bond motifs is 7. The Bertz CT molecular complexity index is 2870. The van der Waals surface area contributed by atoms with Gasteiger partial charge in [-0.3, -0.25) is 0 Å². The molecule has 0 aliphatic heterocycles. The highest BCUT2D eigenvalue weighted by molar-refractivity contribution is 7.26. The van der Waals surface area contributed by atoms with Gasteiger partial charge in [0.2, 0.25) is 0 Å². The van der Waals surface area contributed by atoms with Gasteiger partial charge in [0.15, 0.2) is 0 Å². The minimum absolute atomic E-state index is 1.12. The van der Waals surface area contributed by atoms with Crippen LogP contribution in [0.15, 0.2) is 188 Å². The first kappa shape index (κ1) is 28.8. The van der Waals surface area contributed by atoms with Crippen molar-refractivity contribution in [2.75, 3.05) is 4.90 Å². The molecule has 0 amide bonds. The van der Waals surface area contributed by atoms with Crippen LogP contribution in [0.25, 0.3) is 74.7 Å². The van der Waals surface area contributed by atoms with E-state index in [1.54, 1.807) is 0 Å². The predicted molar refractivity (Wildman–Crippen MR) is 217 cm³/mol. The third-order valence-electron chi connectivity index (χ3n) is 10.0. The van der Waals surface area contributed by atoms with Crippen molar-refractivity contribution in [3.8, 4) is 22.3 Å². The number of thiophene rings is 1. The molecule has 0 unspecified atom stereocenters. The number of anilines is 3. The summed E-state index contributed by atoms with van der Waals surface area (Å²) in [5, 5.41) is 10.2. The standard InChI is InChI=1S/C48H31NS/c1-2-12-32(13-3-1)40-17-8-10-20-45(40)49(38-29-24-34-23-22-33-14-4-6-16-39(33)43(34)31-38)37-27-25-35(26-28-37)47-41-18-7-5-15-36(41)30-44-42-19-9-11-21-46(42)50-48(44)47/h1-31H. The molecule has 0 N–H and O–H groups in total. The Morgan fingerprint density at radius 2 is 0.980 bits per heavy atom. The van der Waals surface area contributed by atoms with Gasteiger partial charge in [-0.15, -0.1) is 11.3 Å². The van der Waals surface area contributed by atoms with Gasteiger partial charge in [-0.25, -0.2) is 0 Å². The molecule has 2 heteroatoms. The minimum Gasteiger partial charge on any atom is -0.310 e. The Morgan fingerprint density at radius 1 is 0.360 bits per heavy atom. The zero-order valence-corrected chi connectivity index (χ0v) is 28.1. The normalized spacial score (nSPS) is 11.6. The molecule has 9 aromatic carbocycles. The van der Waals surface area contributed by atoms with Crippen LogP contribution < -0.4 is 4.90 Å². The molecule has 0 radical (unpaired) electrons. The van der Waals surface area contributed by atoms with E-state index in [0.717, 1.165) is 17.1 Å². The van der Waals surface area contributed by atoms with E-state index in [1.165, 1.54) is 74.7 Å². The van der Waals surface area contributed by atoms with Crippen molar-refractivity contribution < 1.29 is 0 Å². The number of hydrogen-bond acceptors (Lipinski definition) is 2. The molecule has 1 heterocycles. The van der Waals surface area contributed by atoms with Crippen molar-refractivity contribution >= 4 is 80.9 Å². The zero-order valence-electron chi connectivity index (χ0n) is 27.3. The Kier molecular flexibility index (Phi) is 6.75. The molecule has 1 nitrogen and oxygen atoms in total. The number of para-hydroxylation sites is 1. The molecule has 10 rings (SSSR count). The molecule has 0 atom stereocenters. The highest BCUT2D eigenvalue weighted by Gasteiger charge is 2.19. The van der Waals surface area contributed by atoms with Crippen molar-refractivity contribution in [3.05, 3.63) is 188 Å². The second-order valence-corrected chi connectivity index (χ2v) is 14.0. The second-order valence-electron chi connectivity index (χ2n) is 12.9. The van der Waals surface area contributed by atoms with Gasteiger partial charge in [0.25, 0.3) is 0 Å². The molecular formula is C48H31NS. The fourth-order valence-corrected chi connectivity index (χ4v) is 8.94. The van der Waals surface area contributed by atoms with Gasteiger partial charge < -0.3 is 4.90 Å². The molecule has 234 valence electrons. The summed E-state index contributed by atoms with van der Waals surface area (Å²) in [6.07, 6.45) is 0. The molecule has 0 aliphatic carbocycles. The lowest BCUT2D eigenvalue weighted by Crippen LogP contribution is -2.11. The second kappa shape index (κ2) is 11.7. The predicted octanol–water partition coefficient (Wildman–Crippen LogP) is 14.3. The SMILES string of the molecule is c1ccc(-c2ccccc2N(c2ccc(-c3c4ccccc4cc4c3sc3ccccc34)cc2)c2ccc3ccc4ccccc4c3c2)cc1. The van der Waals surface area contributed by atoms with E-state index < -0.39 is 0 Å². The van der Waals surface area contributed by atoms with Crippen molar-refractivity contribution in [3.63, 3.8) is 0 Å². The Labute approximate surface area is 294 Å². The van der Waals surface area contributed by atoms with Crippen LogP contribution >= 0.6 is 11.3 Å². The maximum Gasteiger partial charge on any atom is 0.0540 e. The summed E-state index contributed by atoms with van der Waals surface area (Å²) in [5.41, 5.74) is 8.30. The van der Waals surface area contributed by atoms with E-state index in [0.29, 0.717) is 0 Å². The van der Waals surface area contributed by atoms with Gasteiger partial charge in [0.05, 0.1) is 5.69 Å². The highest BCUT2D eigenvalue weighted by atomic mass is 32.1. The summed E-state index contributed by atoms with van der Waals surface area (Å²) in [4.78, 5) is 2.42. The minimum atomic E-state index is 1.12. The molecule has 0 fully saturated rings. The van der Waals surface area contributed by atoms with Gasteiger partial charge >= 0.3 is 0 Å². The van der Waals surface area contributed by atoms with Crippen LogP contribution in [0.2, 0.25) is 0 Å². The molecule has 0 saturated carbocycles.